The van der Waals surface area contributed by atoms with E-state index >= 15 is 0 Å². The van der Waals surface area contributed by atoms with Gasteiger partial charge in [0.15, 0.2) is 0 Å². The van der Waals surface area contributed by atoms with E-state index in [-0.39, 0.29) is 11.8 Å². The molecule has 18 heavy (non-hydrogen) atoms. The Hall–Kier alpha value is -1.82. The van der Waals surface area contributed by atoms with Crippen LogP contribution in [0.15, 0.2) is 18.2 Å². The number of carbonyl (C=O) groups excluding carboxylic acids is 1. The number of hydrogen-bond donors (Lipinski definition) is 0. The number of nitrogens with zero attached hydrogens (tertiary/aromatic N) is 2. The molecule has 0 bridgehead atoms. The first-order valence-corrected chi connectivity index (χ1v) is 6.33. The highest BCUT2D eigenvalue weighted by molar-refractivity contribution is 5.96. The third kappa shape index (κ3) is 2.24. The van der Waals surface area contributed by atoms with Crippen LogP contribution in [0.3, 0.4) is 0 Å². The molecule has 1 heterocycles. The Morgan fingerprint density at radius 2 is 2.17 bits per heavy atom. The molecule has 1 aromatic rings. The van der Waals surface area contributed by atoms with E-state index in [0.29, 0.717) is 18.9 Å². The van der Waals surface area contributed by atoms with Crippen LogP contribution in [0.25, 0.3) is 0 Å². The maximum absolute atomic E-state index is 11.8. The number of aryl methyl sites for hydroxylation is 1. The Balaban J connectivity index is 2.28. The molecule has 1 aliphatic heterocycles. The topological polar surface area (TPSA) is 44.1 Å². The minimum absolute atomic E-state index is 0.0539. The van der Waals surface area contributed by atoms with Gasteiger partial charge in [-0.25, -0.2) is 0 Å². The zero-order valence-electron chi connectivity index (χ0n) is 11.1. The number of anilines is 1. The normalized spacial score (nSPS) is 19.4. The van der Waals surface area contributed by atoms with Crippen LogP contribution in [0.5, 0.6) is 0 Å². The van der Waals surface area contributed by atoms with E-state index < -0.39 is 0 Å². The summed E-state index contributed by atoms with van der Waals surface area (Å²) >= 11 is 0. The first kappa shape index (κ1) is 12.6. The highest BCUT2D eigenvalue weighted by Crippen LogP contribution is 2.28. The summed E-state index contributed by atoms with van der Waals surface area (Å²) in [7, 11) is 0. The maximum atomic E-state index is 11.8. The second kappa shape index (κ2) is 4.81. The van der Waals surface area contributed by atoms with E-state index in [4.69, 9.17) is 5.26 Å². The molecule has 1 aliphatic rings. The molecule has 1 atom stereocenters. The molecule has 3 nitrogen and oxygen atoms in total. The van der Waals surface area contributed by atoms with Crippen LogP contribution in [0.4, 0.5) is 5.69 Å². The third-order valence-electron chi connectivity index (χ3n) is 3.49. The van der Waals surface area contributed by atoms with Gasteiger partial charge in [-0.2, -0.15) is 5.26 Å². The highest BCUT2D eigenvalue weighted by Gasteiger charge is 2.30. The summed E-state index contributed by atoms with van der Waals surface area (Å²) < 4.78 is 0. The van der Waals surface area contributed by atoms with Crippen molar-refractivity contribution in [3.63, 3.8) is 0 Å². The fourth-order valence-electron chi connectivity index (χ4n) is 2.52. The Bertz CT molecular complexity index is 514. The number of rotatable bonds is 2. The summed E-state index contributed by atoms with van der Waals surface area (Å²) in [6.45, 7) is 6.92. The van der Waals surface area contributed by atoms with Crippen molar-refractivity contribution in [2.45, 2.75) is 33.1 Å². The average molecular weight is 242 g/mol. The molecule has 0 radical (unpaired) electrons. The van der Waals surface area contributed by atoms with Crippen molar-refractivity contribution in [3.05, 3.63) is 29.3 Å². The van der Waals surface area contributed by atoms with Gasteiger partial charge in [0.25, 0.3) is 0 Å². The molecule has 0 aliphatic carbocycles. The van der Waals surface area contributed by atoms with Crippen LogP contribution in [0, 0.1) is 24.2 Å². The minimum Gasteiger partial charge on any atom is -0.311 e. The zero-order chi connectivity index (χ0) is 13.3. The van der Waals surface area contributed by atoms with Crippen LogP contribution in [-0.2, 0) is 4.79 Å². The van der Waals surface area contributed by atoms with Crippen molar-refractivity contribution in [2.24, 2.45) is 5.92 Å². The first-order valence-electron chi connectivity index (χ1n) is 6.33. The van der Waals surface area contributed by atoms with Gasteiger partial charge in [0.05, 0.1) is 12.0 Å². The van der Waals surface area contributed by atoms with Gasteiger partial charge in [-0.3, -0.25) is 4.79 Å². The number of benzene rings is 1. The summed E-state index contributed by atoms with van der Waals surface area (Å²) in [4.78, 5) is 13.6. The Morgan fingerprint density at radius 3 is 2.67 bits per heavy atom. The van der Waals surface area contributed by atoms with Crippen LogP contribution >= 0.6 is 0 Å². The van der Waals surface area contributed by atoms with Crippen LogP contribution < -0.4 is 4.90 Å². The van der Waals surface area contributed by atoms with Gasteiger partial charge in [0.1, 0.15) is 0 Å². The molecular weight excluding hydrogens is 224 g/mol. The maximum Gasteiger partial charge on any atom is 0.228 e. The number of hydrogen-bond acceptors (Lipinski definition) is 2. The second-order valence-corrected chi connectivity index (χ2v) is 5.23. The molecule has 1 unspecified atom stereocenters. The zero-order valence-corrected chi connectivity index (χ0v) is 11.1. The van der Waals surface area contributed by atoms with Gasteiger partial charge in [0, 0.05) is 18.7 Å². The molecular formula is C15H18N2O. The molecule has 0 N–H and O–H groups in total. The standard InChI is InChI=1S/C15H18N2O/c1-10(2)14-5-4-13(6-11(14)3)17-9-12(8-16)7-15(17)18/h4-6,10,12H,7,9H2,1-3H3. The third-order valence-corrected chi connectivity index (χ3v) is 3.49. The summed E-state index contributed by atoms with van der Waals surface area (Å²) in [6.07, 6.45) is 0.349. The summed E-state index contributed by atoms with van der Waals surface area (Å²) in [5.74, 6) is 0.376. The Labute approximate surface area is 108 Å². The highest BCUT2D eigenvalue weighted by atomic mass is 16.2. The number of amides is 1. The molecule has 2 rings (SSSR count). The van der Waals surface area contributed by atoms with E-state index in [1.807, 2.05) is 12.1 Å². The van der Waals surface area contributed by atoms with Crippen LogP contribution in [0.2, 0.25) is 0 Å². The van der Waals surface area contributed by atoms with Gasteiger partial charge in [-0.1, -0.05) is 19.9 Å². The Kier molecular flexibility index (Phi) is 3.38. The fourth-order valence-corrected chi connectivity index (χ4v) is 2.52. The van der Waals surface area contributed by atoms with Crippen LogP contribution in [-0.4, -0.2) is 12.5 Å². The minimum atomic E-state index is -0.164. The molecule has 1 amide bonds. The predicted molar refractivity (Wildman–Crippen MR) is 71.3 cm³/mol. The molecule has 1 aromatic carbocycles. The quantitative estimate of drug-likeness (QED) is 0.800. The van der Waals surface area contributed by atoms with E-state index in [9.17, 15) is 4.79 Å². The van der Waals surface area contributed by atoms with Crippen molar-refractivity contribution in [3.8, 4) is 6.07 Å². The van der Waals surface area contributed by atoms with Gasteiger partial charge in [-0.05, 0) is 36.1 Å². The molecule has 0 saturated carbocycles. The van der Waals surface area contributed by atoms with Gasteiger partial charge in [-0.15, -0.1) is 0 Å². The first-order chi connectivity index (χ1) is 8.52. The fraction of sp³-hybridized carbons (Fsp3) is 0.467. The molecule has 1 fully saturated rings. The molecule has 0 aromatic heterocycles. The van der Waals surface area contributed by atoms with E-state index in [2.05, 4.69) is 32.9 Å². The second-order valence-electron chi connectivity index (χ2n) is 5.23. The van der Waals surface area contributed by atoms with Crippen molar-refractivity contribution in [1.29, 1.82) is 5.26 Å². The summed E-state index contributed by atoms with van der Waals surface area (Å²) in [5, 5.41) is 8.89. The van der Waals surface area contributed by atoms with Crippen molar-refractivity contribution in [2.75, 3.05) is 11.4 Å². The lowest BCUT2D eigenvalue weighted by Gasteiger charge is -2.18. The van der Waals surface area contributed by atoms with Gasteiger partial charge >= 0.3 is 0 Å². The van der Waals surface area contributed by atoms with Crippen molar-refractivity contribution < 1.29 is 4.79 Å². The SMILES string of the molecule is Cc1cc(N2CC(C#N)CC2=O)ccc1C(C)C. The van der Waals surface area contributed by atoms with Crippen LogP contribution in [0.1, 0.15) is 37.3 Å². The molecule has 94 valence electrons. The lowest BCUT2D eigenvalue weighted by atomic mass is 9.97. The molecule has 1 saturated heterocycles. The largest absolute Gasteiger partial charge is 0.311 e. The van der Waals surface area contributed by atoms with E-state index in [0.717, 1.165) is 5.69 Å². The monoisotopic (exact) mass is 242 g/mol. The van der Waals surface area contributed by atoms with Crippen molar-refractivity contribution in [1.82, 2.24) is 0 Å². The average Bonchev–Trinajstić information content (AvgIpc) is 2.70. The van der Waals surface area contributed by atoms with Gasteiger partial charge < -0.3 is 4.90 Å². The van der Waals surface area contributed by atoms with E-state index in [1.54, 1.807) is 4.90 Å². The van der Waals surface area contributed by atoms with E-state index in [1.165, 1.54) is 11.1 Å². The number of carbonyl (C=O) groups is 1. The predicted octanol–water partition coefficient (Wildman–Crippen LogP) is 2.99. The Morgan fingerprint density at radius 1 is 1.44 bits per heavy atom. The van der Waals surface area contributed by atoms with Gasteiger partial charge in [0.2, 0.25) is 5.91 Å². The smallest absolute Gasteiger partial charge is 0.228 e. The lowest BCUT2D eigenvalue weighted by molar-refractivity contribution is -0.117. The van der Waals surface area contributed by atoms with Crippen molar-refractivity contribution >= 4 is 11.6 Å². The summed E-state index contributed by atoms with van der Waals surface area (Å²) in [5.41, 5.74) is 3.43. The lowest BCUT2D eigenvalue weighted by Crippen LogP contribution is -2.24. The molecule has 0 spiro atoms. The summed E-state index contributed by atoms with van der Waals surface area (Å²) in [6, 6.07) is 8.30. The number of nitriles is 1. The molecule has 3 heteroatoms.